The van der Waals surface area contributed by atoms with Gasteiger partial charge in [-0.15, -0.1) is 0 Å². The second-order valence-corrected chi connectivity index (χ2v) is 7.25. The summed E-state index contributed by atoms with van der Waals surface area (Å²) >= 11 is 11.8. The van der Waals surface area contributed by atoms with Crippen molar-refractivity contribution in [3.63, 3.8) is 0 Å². The van der Waals surface area contributed by atoms with E-state index in [0.29, 0.717) is 27.5 Å². The second-order valence-electron chi connectivity index (χ2n) is 6.43. The molecule has 1 aromatic carbocycles. The van der Waals surface area contributed by atoms with Crippen molar-refractivity contribution < 1.29 is 5.11 Å². The van der Waals surface area contributed by atoms with Gasteiger partial charge in [0.2, 0.25) is 0 Å². The van der Waals surface area contributed by atoms with Gasteiger partial charge in [0, 0.05) is 32.7 Å². The van der Waals surface area contributed by atoms with Gasteiger partial charge in [-0.05, 0) is 37.9 Å². The Bertz CT molecular complexity index is 585. The highest BCUT2D eigenvalue weighted by molar-refractivity contribution is 7.80. The van der Waals surface area contributed by atoms with Crippen LogP contribution in [0.5, 0.6) is 5.75 Å². The van der Waals surface area contributed by atoms with Crippen LogP contribution in [0.4, 0.5) is 5.69 Å². The number of phenolic OH excluding ortho intramolecular Hbond substituents is 1. The summed E-state index contributed by atoms with van der Waals surface area (Å²) in [6.45, 7) is 3.43. The normalized spacial score (nSPS) is 26.8. The Morgan fingerprint density at radius 3 is 2.59 bits per heavy atom. The molecule has 0 aromatic heterocycles. The van der Waals surface area contributed by atoms with E-state index in [4.69, 9.17) is 23.8 Å². The summed E-state index contributed by atoms with van der Waals surface area (Å²) in [5.41, 5.74) is 1.40. The zero-order valence-corrected chi connectivity index (χ0v) is 14.5. The predicted molar refractivity (Wildman–Crippen MR) is 95.2 cm³/mol. The first-order valence-electron chi connectivity index (χ1n) is 7.68. The van der Waals surface area contributed by atoms with Gasteiger partial charge in [-0.3, -0.25) is 0 Å². The van der Waals surface area contributed by atoms with E-state index in [2.05, 4.69) is 10.2 Å². The van der Waals surface area contributed by atoms with Crippen LogP contribution in [0.2, 0.25) is 5.02 Å². The molecule has 2 N–H and O–H groups in total. The van der Waals surface area contributed by atoms with Crippen molar-refractivity contribution in [2.24, 2.45) is 5.92 Å². The predicted octanol–water partition coefficient (Wildman–Crippen LogP) is 2.47. The number of nitrogens with zero attached hydrogens (tertiary/aromatic N) is 2. The van der Waals surface area contributed by atoms with Crippen LogP contribution in [-0.2, 0) is 0 Å². The molecule has 0 saturated carbocycles. The Morgan fingerprint density at radius 1 is 1.36 bits per heavy atom. The number of anilines is 1. The van der Waals surface area contributed by atoms with Crippen molar-refractivity contribution in [1.29, 1.82) is 0 Å². The van der Waals surface area contributed by atoms with Crippen molar-refractivity contribution >= 4 is 34.5 Å². The average Bonchev–Trinajstić information content (AvgIpc) is 2.50. The lowest BCUT2D eigenvalue weighted by Gasteiger charge is -2.45. The minimum Gasteiger partial charge on any atom is -0.507 e. The quantitative estimate of drug-likeness (QED) is 0.828. The molecule has 0 aliphatic carbocycles. The molecule has 3 aliphatic rings. The molecule has 0 radical (unpaired) electrons. The van der Waals surface area contributed by atoms with E-state index < -0.39 is 0 Å². The highest BCUT2D eigenvalue weighted by Gasteiger charge is 2.34. The number of piperidine rings is 3. The van der Waals surface area contributed by atoms with Crippen LogP contribution in [0.25, 0.3) is 0 Å². The smallest absolute Gasteiger partial charge is 0.127 e. The van der Waals surface area contributed by atoms with Gasteiger partial charge in [0.25, 0.3) is 0 Å². The number of aromatic hydroxyl groups is 1. The fourth-order valence-corrected chi connectivity index (χ4v) is 4.10. The van der Waals surface area contributed by atoms with E-state index in [-0.39, 0.29) is 5.75 Å². The molecule has 1 unspecified atom stereocenters. The first kappa shape index (κ1) is 15.8. The van der Waals surface area contributed by atoms with Crippen molar-refractivity contribution in [2.75, 3.05) is 38.6 Å². The van der Waals surface area contributed by atoms with Gasteiger partial charge in [-0.1, -0.05) is 23.8 Å². The first-order chi connectivity index (χ1) is 10.5. The Morgan fingerprint density at radius 2 is 2.05 bits per heavy atom. The van der Waals surface area contributed by atoms with Crippen molar-refractivity contribution in [3.05, 3.63) is 22.7 Å². The van der Waals surface area contributed by atoms with Crippen LogP contribution in [0.1, 0.15) is 18.4 Å². The number of hydrogen-bond donors (Lipinski definition) is 2. The third kappa shape index (κ3) is 3.03. The van der Waals surface area contributed by atoms with E-state index in [9.17, 15) is 5.11 Å². The molecule has 1 atom stereocenters. The monoisotopic (exact) mass is 339 g/mol. The standard InChI is InChI=1S/C16H22ClN3OS/c1-19(2)14-8-15(21)11(7-12(14)17)16(22)18-13-9-20-5-3-10(13)4-6-20/h7-8,10,13,21H,3-6,9H2,1-2H3,(H,18,22). The summed E-state index contributed by atoms with van der Waals surface area (Å²) in [5, 5.41) is 14.3. The molecule has 2 bridgehead atoms. The van der Waals surface area contributed by atoms with E-state index in [1.54, 1.807) is 12.1 Å². The first-order valence-corrected chi connectivity index (χ1v) is 8.47. The van der Waals surface area contributed by atoms with E-state index in [1.807, 2.05) is 19.0 Å². The maximum absolute atomic E-state index is 10.3. The van der Waals surface area contributed by atoms with Gasteiger partial charge < -0.3 is 20.2 Å². The molecule has 3 saturated heterocycles. The Labute approximate surface area is 142 Å². The van der Waals surface area contributed by atoms with Crippen LogP contribution in [0.3, 0.4) is 0 Å². The summed E-state index contributed by atoms with van der Waals surface area (Å²) in [4.78, 5) is 4.93. The maximum Gasteiger partial charge on any atom is 0.127 e. The molecular formula is C16H22ClN3OS. The summed E-state index contributed by atoms with van der Waals surface area (Å²) in [6, 6.07) is 3.80. The van der Waals surface area contributed by atoms with Gasteiger partial charge in [-0.2, -0.15) is 0 Å². The number of thiocarbonyl (C=S) groups is 1. The minimum absolute atomic E-state index is 0.173. The van der Waals surface area contributed by atoms with E-state index in [1.165, 1.54) is 25.9 Å². The molecule has 4 rings (SSSR count). The molecule has 4 nitrogen and oxygen atoms in total. The fraction of sp³-hybridized carbons (Fsp3) is 0.562. The number of fused-ring (bicyclic) bond motifs is 3. The Balaban J connectivity index is 1.76. The highest BCUT2D eigenvalue weighted by atomic mass is 35.5. The molecule has 6 heteroatoms. The van der Waals surface area contributed by atoms with Crippen molar-refractivity contribution in [2.45, 2.75) is 18.9 Å². The Kier molecular flexibility index (Phi) is 4.48. The van der Waals surface area contributed by atoms with E-state index >= 15 is 0 Å². The lowest BCUT2D eigenvalue weighted by molar-refractivity contribution is 0.0816. The second kappa shape index (κ2) is 6.22. The summed E-state index contributed by atoms with van der Waals surface area (Å²) in [6.07, 6.45) is 2.46. The largest absolute Gasteiger partial charge is 0.507 e. The molecule has 0 spiro atoms. The lowest BCUT2D eigenvalue weighted by atomic mass is 9.84. The number of nitrogens with one attached hydrogen (secondary N) is 1. The lowest BCUT2D eigenvalue weighted by Crippen LogP contribution is -2.57. The molecule has 0 amide bonds. The minimum atomic E-state index is 0.173. The fourth-order valence-electron chi connectivity index (χ4n) is 3.45. The van der Waals surface area contributed by atoms with Crippen LogP contribution in [0.15, 0.2) is 12.1 Å². The molecule has 120 valence electrons. The summed E-state index contributed by atoms with van der Waals surface area (Å²) in [5.74, 6) is 0.855. The zero-order chi connectivity index (χ0) is 15.9. The molecule has 1 aromatic rings. The number of benzene rings is 1. The Hall–Kier alpha value is -1.04. The van der Waals surface area contributed by atoms with Crippen molar-refractivity contribution in [1.82, 2.24) is 10.2 Å². The van der Waals surface area contributed by atoms with E-state index in [0.717, 1.165) is 12.2 Å². The topological polar surface area (TPSA) is 38.7 Å². The van der Waals surface area contributed by atoms with Gasteiger partial charge in [0.05, 0.1) is 16.3 Å². The summed E-state index contributed by atoms with van der Waals surface area (Å²) < 4.78 is 0. The third-order valence-electron chi connectivity index (χ3n) is 4.76. The average molecular weight is 340 g/mol. The van der Waals surface area contributed by atoms with Crippen LogP contribution >= 0.6 is 23.8 Å². The van der Waals surface area contributed by atoms with Gasteiger partial charge in [0.15, 0.2) is 0 Å². The molecule has 3 aliphatic heterocycles. The molecule has 3 heterocycles. The zero-order valence-electron chi connectivity index (χ0n) is 13.0. The highest BCUT2D eigenvalue weighted by Crippen LogP contribution is 2.33. The van der Waals surface area contributed by atoms with Crippen LogP contribution < -0.4 is 10.2 Å². The number of hydrogen-bond acceptors (Lipinski definition) is 4. The van der Waals surface area contributed by atoms with Crippen molar-refractivity contribution in [3.8, 4) is 5.75 Å². The van der Waals surface area contributed by atoms with Gasteiger partial charge >= 0.3 is 0 Å². The third-order valence-corrected chi connectivity index (χ3v) is 5.40. The molecular weight excluding hydrogens is 318 g/mol. The van der Waals surface area contributed by atoms with Gasteiger partial charge in [0.1, 0.15) is 10.7 Å². The number of rotatable bonds is 3. The maximum atomic E-state index is 10.3. The number of phenols is 1. The number of halogens is 1. The SMILES string of the molecule is CN(C)c1cc(O)c(C(=S)NC2CN3CCC2CC3)cc1Cl. The van der Waals surface area contributed by atoms with Crippen LogP contribution in [-0.4, -0.2) is 54.8 Å². The van der Waals surface area contributed by atoms with Gasteiger partial charge in [-0.25, -0.2) is 0 Å². The molecule has 22 heavy (non-hydrogen) atoms. The van der Waals surface area contributed by atoms with Crippen LogP contribution in [0, 0.1) is 5.92 Å². The molecule has 3 fully saturated rings. The summed E-state index contributed by atoms with van der Waals surface area (Å²) in [7, 11) is 3.79.